The zero-order valence-corrected chi connectivity index (χ0v) is 16.5. The van der Waals surface area contributed by atoms with Crippen molar-refractivity contribution in [3.05, 3.63) is 47.9 Å². The van der Waals surface area contributed by atoms with Crippen LogP contribution in [0.4, 0.5) is 11.5 Å². The maximum atomic E-state index is 13.1. The Balaban J connectivity index is 1.42. The van der Waals surface area contributed by atoms with Crippen molar-refractivity contribution < 1.29 is 4.79 Å². The van der Waals surface area contributed by atoms with Crippen molar-refractivity contribution in [2.75, 3.05) is 29.4 Å². The molecular weight excluding hydrogens is 336 g/mol. The number of para-hydroxylation sites is 1. The first-order valence-electron chi connectivity index (χ1n) is 9.91. The number of fused-ring (bicyclic) bond motifs is 1. The standard InChI is InChI=1S/C22H28N4O/c1-22(2,3)21-23-12-8-19(24-21)25-13-9-17(10-14-25)20(27)26-15-11-16-6-4-5-7-18(16)26/h4-8,12,17H,9-11,13-15H2,1-3H3. The fourth-order valence-corrected chi connectivity index (χ4v) is 4.03. The van der Waals surface area contributed by atoms with Gasteiger partial charge in [0.2, 0.25) is 5.91 Å². The fraction of sp³-hybridized carbons (Fsp3) is 0.500. The van der Waals surface area contributed by atoms with E-state index in [2.05, 4.69) is 48.9 Å². The molecule has 0 spiro atoms. The molecule has 0 aliphatic carbocycles. The van der Waals surface area contributed by atoms with Gasteiger partial charge in [-0.15, -0.1) is 0 Å². The Labute approximate surface area is 161 Å². The molecule has 0 unspecified atom stereocenters. The van der Waals surface area contributed by atoms with Gasteiger partial charge in [0.25, 0.3) is 0 Å². The third kappa shape index (κ3) is 3.55. The third-order valence-corrected chi connectivity index (χ3v) is 5.63. The van der Waals surface area contributed by atoms with Crippen LogP contribution in [-0.4, -0.2) is 35.5 Å². The number of anilines is 2. The number of hydrogen-bond acceptors (Lipinski definition) is 4. The highest BCUT2D eigenvalue weighted by Gasteiger charge is 2.32. The molecule has 0 radical (unpaired) electrons. The van der Waals surface area contributed by atoms with Gasteiger partial charge in [0, 0.05) is 42.9 Å². The molecule has 2 aromatic rings. The minimum Gasteiger partial charge on any atom is -0.356 e. The molecule has 5 nitrogen and oxygen atoms in total. The molecule has 0 saturated carbocycles. The molecule has 3 heterocycles. The number of carbonyl (C=O) groups is 1. The molecule has 1 fully saturated rings. The molecule has 0 bridgehead atoms. The number of aromatic nitrogens is 2. The number of hydrogen-bond donors (Lipinski definition) is 0. The van der Waals surface area contributed by atoms with E-state index in [1.807, 2.05) is 23.2 Å². The van der Waals surface area contributed by atoms with Crippen molar-refractivity contribution in [2.45, 2.75) is 45.4 Å². The van der Waals surface area contributed by atoms with E-state index in [9.17, 15) is 4.79 Å². The lowest BCUT2D eigenvalue weighted by atomic mass is 9.94. The zero-order chi connectivity index (χ0) is 19.0. The van der Waals surface area contributed by atoms with Crippen LogP contribution in [0.15, 0.2) is 36.5 Å². The van der Waals surface area contributed by atoms with Crippen molar-refractivity contribution in [1.82, 2.24) is 9.97 Å². The van der Waals surface area contributed by atoms with Crippen LogP contribution in [0, 0.1) is 5.92 Å². The number of carbonyl (C=O) groups excluding carboxylic acids is 1. The van der Waals surface area contributed by atoms with Crippen molar-refractivity contribution in [1.29, 1.82) is 0 Å². The molecule has 5 heteroatoms. The van der Waals surface area contributed by atoms with Crippen LogP contribution < -0.4 is 9.80 Å². The minimum atomic E-state index is -0.0621. The first-order chi connectivity index (χ1) is 12.9. The second kappa shape index (κ2) is 6.95. The molecule has 4 rings (SSSR count). The van der Waals surface area contributed by atoms with Gasteiger partial charge < -0.3 is 9.80 Å². The van der Waals surface area contributed by atoms with E-state index >= 15 is 0 Å². The van der Waals surface area contributed by atoms with E-state index in [0.717, 1.165) is 56.2 Å². The maximum Gasteiger partial charge on any atom is 0.230 e. The first kappa shape index (κ1) is 18.0. The van der Waals surface area contributed by atoms with E-state index in [-0.39, 0.29) is 17.2 Å². The number of piperidine rings is 1. The number of rotatable bonds is 2. The highest BCUT2D eigenvalue weighted by molar-refractivity contribution is 5.97. The Morgan fingerprint density at radius 2 is 1.81 bits per heavy atom. The summed E-state index contributed by atoms with van der Waals surface area (Å²) in [7, 11) is 0. The highest BCUT2D eigenvalue weighted by atomic mass is 16.2. The highest BCUT2D eigenvalue weighted by Crippen LogP contribution is 2.31. The lowest BCUT2D eigenvalue weighted by molar-refractivity contribution is -0.122. The summed E-state index contributed by atoms with van der Waals surface area (Å²) in [6.07, 6.45) is 4.58. The molecule has 1 aromatic carbocycles. The predicted molar refractivity (Wildman–Crippen MR) is 108 cm³/mol. The number of benzene rings is 1. The summed E-state index contributed by atoms with van der Waals surface area (Å²) in [6, 6.07) is 10.3. The van der Waals surface area contributed by atoms with Gasteiger partial charge in [-0.25, -0.2) is 9.97 Å². The lowest BCUT2D eigenvalue weighted by Gasteiger charge is -2.34. The maximum absolute atomic E-state index is 13.1. The first-order valence-corrected chi connectivity index (χ1v) is 9.91. The molecule has 0 atom stereocenters. The van der Waals surface area contributed by atoms with Gasteiger partial charge in [-0.05, 0) is 37.0 Å². The molecule has 142 valence electrons. The molecule has 0 N–H and O–H groups in total. The van der Waals surface area contributed by atoms with Crippen LogP contribution >= 0.6 is 0 Å². The molecule has 2 aliphatic heterocycles. The van der Waals surface area contributed by atoms with Gasteiger partial charge in [0.1, 0.15) is 11.6 Å². The molecule has 1 aromatic heterocycles. The van der Waals surface area contributed by atoms with Gasteiger partial charge in [-0.1, -0.05) is 39.0 Å². The Bertz CT molecular complexity index is 834. The van der Waals surface area contributed by atoms with E-state index < -0.39 is 0 Å². The molecule has 1 saturated heterocycles. The quantitative estimate of drug-likeness (QED) is 0.817. The lowest BCUT2D eigenvalue weighted by Crippen LogP contribution is -2.42. The van der Waals surface area contributed by atoms with E-state index in [0.29, 0.717) is 0 Å². The molecule has 2 aliphatic rings. The molecular formula is C22H28N4O. The van der Waals surface area contributed by atoms with Crippen LogP contribution in [0.5, 0.6) is 0 Å². The van der Waals surface area contributed by atoms with Crippen molar-refractivity contribution in [3.8, 4) is 0 Å². The second-order valence-corrected chi connectivity index (χ2v) is 8.62. The van der Waals surface area contributed by atoms with Crippen LogP contribution in [0.25, 0.3) is 0 Å². The van der Waals surface area contributed by atoms with Crippen molar-refractivity contribution in [2.24, 2.45) is 5.92 Å². The van der Waals surface area contributed by atoms with Crippen LogP contribution in [0.2, 0.25) is 0 Å². The number of amides is 1. The summed E-state index contributed by atoms with van der Waals surface area (Å²) < 4.78 is 0. The van der Waals surface area contributed by atoms with Gasteiger partial charge in [-0.3, -0.25) is 4.79 Å². The molecule has 1 amide bonds. The summed E-state index contributed by atoms with van der Waals surface area (Å²) in [5.74, 6) is 2.24. The van der Waals surface area contributed by atoms with E-state index in [1.54, 1.807) is 0 Å². The summed E-state index contributed by atoms with van der Waals surface area (Å²) in [5.41, 5.74) is 2.34. The summed E-state index contributed by atoms with van der Waals surface area (Å²) >= 11 is 0. The third-order valence-electron chi connectivity index (χ3n) is 5.63. The summed E-state index contributed by atoms with van der Waals surface area (Å²) in [6.45, 7) is 8.94. The smallest absolute Gasteiger partial charge is 0.230 e. The normalized spacial score (nSPS) is 17.9. The van der Waals surface area contributed by atoms with E-state index in [1.165, 1.54) is 5.56 Å². The minimum absolute atomic E-state index is 0.0621. The van der Waals surface area contributed by atoms with Gasteiger partial charge in [-0.2, -0.15) is 0 Å². The topological polar surface area (TPSA) is 49.3 Å². The Morgan fingerprint density at radius 3 is 2.56 bits per heavy atom. The Hall–Kier alpha value is -2.43. The van der Waals surface area contributed by atoms with Crippen LogP contribution in [-0.2, 0) is 16.6 Å². The average Bonchev–Trinajstić information content (AvgIpc) is 3.11. The van der Waals surface area contributed by atoms with Crippen LogP contribution in [0.3, 0.4) is 0 Å². The largest absolute Gasteiger partial charge is 0.356 e. The SMILES string of the molecule is CC(C)(C)c1nccc(N2CCC(C(=O)N3CCc4ccccc43)CC2)n1. The van der Waals surface area contributed by atoms with E-state index in [4.69, 9.17) is 4.98 Å². The van der Waals surface area contributed by atoms with Gasteiger partial charge >= 0.3 is 0 Å². The summed E-state index contributed by atoms with van der Waals surface area (Å²) in [5, 5.41) is 0. The summed E-state index contributed by atoms with van der Waals surface area (Å²) in [4.78, 5) is 26.6. The Kier molecular flexibility index (Phi) is 4.62. The average molecular weight is 364 g/mol. The monoisotopic (exact) mass is 364 g/mol. The van der Waals surface area contributed by atoms with Gasteiger partial charge in [0.15, 0.2) is 0 Å². The van der Waals surface area contributed by atoms with Crippen molar-refractivity contribution in [3.63, 3.8) is 0 Å². The number of nitrogens with zero attached hydrogens (tertiary/aromatic N) is 4. The fourth-order valence-electron chi connectivity index (χ4n) is 4.03. The Morgan fingerprint density at radius 1 is 1.07 bits per heavy atom. The second-order valence-electron chi connectivity index (χ2n) is 8.62. The molecule has 27 heavy (non-hydrogen) atoms. The van der Waals surface area contributed by atoms with Crippen LogP contribution in [0.1, 0.15) is 45.0 Å². The van der Waals surface area contributed by atoms with Gasteiger partial charge in [0.05, 0.1) is 0 Å². The zero-order valence-electron chi connectivity index (χ0n) is 16.5. The van der Waals surface area contributed by atoms with Crippen molar-refractivity contribution >= 4 is 17.4 Å². The predicted octanol–water partition coefficient (Wildman–Crippen LogP) is 3.58.